The van der Waals surface area contributed by atoms with E-state index in [1.807, 2.05) is 24.3 Å². The maximum atomic E-state index is 5.40. The van der Waals surface area contributed by atoms with E-state index in [4.69, 9.17) is 15.0 Å². The van der Waals surface area contributed by atoms with E-state index in [0.29, 0.717) is 17.5 Å². The second-order valence-corrected chi connectivity index (χ2v) is 14.8. The number of para-hydroxylation sites is 2. The predicted molar refractivity (Wildman–Crippen MR) is 244 cm³/mol. The van der Waals surface area contributed by atoms with Crippen molar-refractivity contribution in [3.63, 3.8) is 0 Å². The smallest absolute Gasteiger partial charge is 0.166 e. The Morgan fingerprint density at radius 2 is 0.678 bits per heavy atom. The lowest BCUT2D eigenvalue weighted by atomic mass is 9.91. The van der Waals surface area contributed by atoms with Crippen molar-refractivity contribution < 1.29 is 0 Å². The van der Waals surface area contributed by atoms with Gasteiger partial charge in [-0.1, -0.05) is 194 Å². The topological polar surface area (TPSA) is 43.6 Å². The monoisotopic (exact) mass is 752 g/mol. The number of benzene rings is 9. The number of hydrogen-bond acceptors (Lipinski definition) is 3. The summed E-state index contributed by atoms with van der Waals surface area (Å²) in [5.41, 5.74) is 12.9. The molecule has 0 amide bonds. The van der Waals surface area contributed by atoms with Crippen LogP contribution in [0.4, 0.5) is 0 Å². The Morgan fingerprint density at radius 1 is 0.271 bits per heavy atom. The highest BCUT2D eigenvalue weighted by Gasteiger charge is 2.24. The minimum Gasteiger partial charge on any atom is -0.308 e. The summed E-state index contributed by atoms with van der Waals surface area (Å²) in [6.07, 6.45) is 0. The van der Waals surface area contributed by atoms with Crippen molar-refractivity contribution in [3.05, 3.63) is 218 Å². The molecule has 0 N–H and O–H groups in total. The molecule has 59 heavy (non-hydrogen) atoms. The molecule has 0 spiro atoms. The Morgan fingerprint density at radius 3 is 1.29 bits per heavy atom. The molecular formula is C55H36N4. The third-order valence-electron chi connectivity index (χ3n) is 11.3. The first kappa shape index (κ1) is 34.3. The van der Waals surface area contributed by atoms with E-state index in [9.17, 15) is 0 Å². The van der Waals surface area contributed by atoms with Crippen LogP contribution in [0.25, 0.3) is 106 Å². The second-order valence-electron chi connectivity index (χ2n) is 14.8. The van der Waals surface area contributed by atoms with E-state index >= 15 is 0 Å². The zero-order valence-electron chi connectivity index (χ0n) is 32.1. The van der Waals surface area contributed by atoms with Crippen LogP contribution < -0.4 is 0 Å². The van der Waals surface area contributed by atoms with Crippen LogP contribution >= 0.6 is 0 Å². The van der Waals surface area contributed by atoms with Gasteiger partial charge in [0.1, 0.15) is 0 Å². The van der Waals surface area contributed by atoms with Crippen molar-refractivity contribution in [2.24, 2.45) is 0 Å². The van der Waals surface area contributed by atoms with Gasteiger partial charge in [-0.05, 0) is 68.4 Å². The molecule has 276 valence electrons. The molecule has 0 saturated heterocycles. The predicted octanol–water partition coefficient (Wildman–Crippen LogP) is 14.1. The van der Waals surface area contributed by atoms with Crippen LogP contribution in [0.2, 0.25) is 0 Å². The van der Waals surface area contributed by atoms with Gasteiger partial charge in [-0.25, -0.2) is 15.0 Å². The summed E-state index contributed by atoms with van der Waals surface area (Å²) < 4.78 is 2.40. The fraction of sp³-hybridized carbons (Fsp3) is 0. The first-order valence-electron chi connectivity index (χ1n) is 19.9. The number of hydrogen-bond donors (Lipinski definition) is 0. The molecule has 11 rings (SSSR count). The molecule has 0 saturated carbocycles. The van der Waals surface area contributed by atoms with Crippen LogP contribution in [0.5, 0.6) is 0 Å². The Bertz CT molecular complexity index is 3250. The Hall–Kier alpha value is -7.95. The van der Waals surface area contributed by atoms with Crippen LogP contribution in [-0.4, -0.2) is 19.5 Å². The van der Waals surface area contributed by atoms with E-state index < -0.39 is 0 Å². The van der Waals surface area contributed by atoms with Gasteiger partial charge < -0.3 is 4.57 Å². The van der Waals surface area contributed by atoms with E-state index in [1.165, 1.54) is 21.9 Å². The molecule has 2 heterocycles. The Kier molecular flexibility index (Phi) is 8.45. The molecule has 0 unspecified atom stereocenters. The molecule has 0 radical (unpaired) electrons. The third kappa shape index (κ3) is 6.15. The quantitative estimate of drug-likeness (QED) is 0.163. The SMILES string of the molecule is c1ccc(-c2ccc(-c3nc(-c4ccccc4)nc(-c4c(-n5c6ccccc6c6ccccc65)cc(-c5cccc(-c6ccccc6)c5)c5ccccc45)n3)cc2)cc1. The lowest BCUT2D eigenvalue weighted by Crippen LogP contribution is -2.05. The molecule has 0 bridgehead atoms. The van der Waals surface area contributed by atoms with E-state index in [1.54, 1.807) is 0 Å². The number of aromatic nitrogens is 4. The van der Waals surface area contributed by atoms with Gasteiger partial charge in [0, 0.05) is 21.9 Å². The highest BCUT2D eigenvalue weighted by molar-refractivity contribution is 6.13. The zero-order valence-corrected chi connectivity index (χ0v) is 32.1. The summed E-state index contributed by atoms with van der Waals surface area (Å²) >= 11 is 0. The normalized spacial score (nSPS) is 11.4. The molecule has 2 aromatic heterocycles. The molecule has 0 aliphatic carbocycles. The summed E-state index contributed by atoms with van der Waals surface area (Å²) in [4.78, 5) is 15.9. The lowest BCUT2D eigenvalue weighted by Gasteiger charge is -2.20. The molecule has 4 heteroatoms. The van der Waals surface area contributed by atoms with Crippen LogP contribution in [0.15, 0.2) is 218 Å². The molecule has 0 atom stereocenters. The van der Waals surface area contributed by atoms with Gasteiger partial charge in [0.2, 0.25) is 0 Å². The highest BCUT2D eigenvalue weighted by Crippen LogP contribution is 2.44. The summed E-state index contributed by atoms with van der Waals surface area (Å²) in [6, 6.07) is 77.0. The largest absolute Gasteiger partial charge is 0.308 e. The molecule has 0 aliphatic rings. The average molecular weight is 753 g/mol. The maximum absolute atomic E-state index is 5.40. The molecule has 9 aromatic carbocycles. The van der Waals surface area contributed by atoms with Crippen molar-refractivity contribution >= 4 is 32.6 Å². The van der Waals surface area contributed by atoms with Crippen LogP contribution in [0.1, 0.15) is 0 Å². The maximum Gasteiger partial charge on any atom is 0.166 e. The zero-order chi connectivity index (χ0) is 39.1. The number of nitrogens with zero attached hydrogens (tertiary/aromatic N) is 4. The highest BCUT2D eigenvalue weighted by atomic mass is 15.1. The van der Waals surface area contributed by atoms with Gasteiger partial charge in [0.15, 0.2) is 17.5 Å². The van der Waals surface area contributed by atoms with Gasteiger partial charge in [0.25, 0.3) is 0 Å². The van der Waals surface area contributed by atoms with Gasteiger partial charge in [0.05, 0.1) is 22.3 Å². The summed E-state index contributed by atoms with van der Waals surface area (Å²) in [5.74, 6) is 1.85. The fourth-order valence-electron chi connectivity index (χ4n) is 8.47. The molecular weight excluding hydrogens is 717 g/mol. The minimum atomic E-state index is 0.610. The van der Waals surface area contributed by atoms with Crippen LogP contribution in [0, 0.1) is 0 Å². The summed E-state index contributed by atoms with van der Waals surface area (Å²) in [5, 5.41) is 4.56. The number of fused-ring (bicyclic) bond motifs is 4. The molecule has 0 aliphatic heterocycles. The van der Waals surface area contributed by atoms with Gasteiger partial charge in [-0.15, -0.1) is 0 Å². The van der Waals surface area contributed by atoms with E-state index in [2.05, 4.69) is 199 Å². The Labute approximate surface area is 342 Å². The van der Waals surface area contributed by atoms with Crippen molar-refractivity contribution in [1.29, 1.82) is 0 Å². The van der Waals surface area contributed by atoms with Crippen molar-refractivity contribution in [2.45, 2.75) is 0 Å². The summed E-state index contributed by atoms with van der Waals surface area (Å²) in [7, 11) is 0. The van der Waals surface area contributed by atoms with E-state index in [-0.39, 0.29) is 0 Å². The van der Waals surface area contributed by atoms with Crippen LogP contribution in [0.3, 0.4) is 0 Å². The first-order valence-corrected chi connectivity index (χ1v) is 19.9. The van der Waals surface area contributed by atoms with E-state index in [0.717, 1.165) is 66.4 Å². The van der Waals surface area contributed by atoms with Crippen molar-refractivity contribution in [2.75, 3.05) is 0 Å². The van der Waals surface area contributed by atoms with Crippen molar-refractivity contribution in [3.8, 4) is 73.2 Å². The molecule has 11 aromatic rings. The van der Waals surface area contributed by atoms with Gasteiger partial charge in [-0.2, -0.15) is 0 Å². The molecule has 0 fully saturated rings. The second kappa shape index (κ2) is 14.5. The van der Waals surface area contributed by atoms with Crippen molar-refractivity contribution in [1.82, 2.24) is 19.5 Å². The fourth-order valence-corrected chi connectivity index (χ4v) is 8.47. The minimum absolute atomic E-state index is 0.610. The lowest BCUT2D eigenvalue weighted by molar-refractivity contribution is 1.07. The summed E-state index contributed by atoms with van der Waals surface area (Å²) in [6.45, 7) is 0. The average Bonchev–Trinajstić information content (AvgIpc) is 3.66. The first-order chi connectivity index (χ1) is 29.3. The number of rotatable bonds is 7. The molecule has 4 nitrogen and oxygen atoms in total. The third-order valence-corrected chi connectivity index (χ3v) is 11.3. The standard InChI is InChI=1S/C55H36N4/c1-4-17-37(18-5-1)39-31-33-41(34-32-39)54-56-53(40-21-8-3-9-22-40)57-55(58-54)52-47-28-11-10-25-44(47)48(43-24-16-23-42(35-43)38-19-6-2-7-20-38)36-51(52)59-49-29-14-12-26-45(49)46-27-13-15-30-50(46)59/h1-36H. The van der Waals surface area contributed by atoms with Gasteiger partial charge >= 0.3 is 0 Å². The van der Waals surface area contributed by atoms with Crippen LogP contribution in [-0.2, 0) is 0 Å². The Balaban J connectivity index is 1.22. The van der Waals surface area contributed by atoms with Gasteiger partial charge in [-0.3, -0.25) is 0 Å².